The van der Waals surface area contributed by atoms with Crippen LogP contribution in [-0.4, -0.2) is 28.0 Å². The van der Waals surface area contributed by atoms with Crippen LogP contribution in [0.1, 0.15) is 13.3 Å². The van der Waals surface area contributed by atoms with Crippen molar-refractivity contribution in [3.63, 3.8) is 0 Å². The normalized spacial score (nSPS) is 10.7. The third-order valence-electron chi connectivity index (χ3n) is 3.82. The predicted molar refractivity (Wildman–Crippen MR) is 101 cm³/mol. The maximum Gasteiger partial charge on any atom is 0.321 e. The monoisotopic (exact) mass is 388 g/mol. The second-order valence-corrected chi connectivity index (χ2v) is 6.68. The molecule has 0 bridgehead atoms. The number of nitrogens with one attached hydrogen (secondary N) is 2. The van der Waals surface area contributed by atoms with Gasteiger partial charge >= 0.3 is 6.03 Å². The highest BCUT2D eigenvalue weighted by Crippen LogP contribution is 2.30. The smallest absolute Gasteiger partial charge is 0.321 e. The average molecular weight is 388 g/mol. The minimum absolute atomic E-state index is 0.333. The van der Waals surface area contributed by atoms with Crippen LogP contribution in [0.2, 0.25) is 0 Å². The molecule has 0 aliphatic heterocycles. The van der Waals surface area contributed by atoms with Gasteiger partial charge in [0.25, 0.3) is 5.56 Å². The number of hydrogen-bond acceptors (Lipinski definition) is 5. The fourth-order valence-corrected chi connectivity index (χ4v) is 3.43. The van der Waals surface area contributed by atoms with E-state index in [1.165, 1.54) is 29.8 Å². The molecule has 0 spiro atoms. The van der Waals surface area contributed by atoms with E-state index in [4.69, 9.17) is 0 Å². The molecule has 0 aliphatic carbocycles. The molecular formula is C18H17FN4O3S. The molecule has 140 valence electrons. The zero-order valence-electron chi connectivity index (χ0n) is 14.5. The van der Waals surface area contributed by atoms with Crippen molar-refractivity contribution in [3.05, 3.63) is 52.1 Å². The Morgan fingerprint density at radius 3 is 2.70 bits per heavy atom. The molecule has 0 fully saturated rings. The summed E-state index contributed by atoms with van der Waals surface area (Å²) in [7, 11) is 0. The number of carbonyl (C=O) groups excluding carboxylic acids is 2. The van der Waals surface area contributed by atoms with Gasteiger partial charge in [0.2, 0.25) is 5.91 Å². The van der Waals surface area contributed by atoms with Crippen molar-refractivity contribution in [3.8, 4) is 11.1 Å². The average Bonchev–Trinajstić information content (AvgIpc) is 3.08. The first-order valence-corrected chi connectivity index (χ1v) is 9.17. The molecule has 0 radical (unpaired) electrons. The summed E-state index contributed by atoms with van der Waals surface area (Å²) < 4.78 is 14.3. The second-order valence-electron chi connectivity index (χ2n) is 5.82. The summed E-state index contributed by atoms with van der Waals surface area (Å²) in [5.74, 6) is -0.989. The highest BCUT2D eigenvalue weighted by atomic mass is 32.1. The number of hydrogen-bond donors (Lipinski definition) is 2. The van der Waals surface area contributed by atoms with Crippen LogP contribution >= 0.6 is 11.3 Å². The maximum atomic E-state index is 13.2. The number of nitrogens with zero attached hydrogens (tertiary/aromatic N) is 2. The van der Waals surface area contributed by atoms with Gasteiger partial charge in [0.15, 0.2) is 0 Å². The fraction of sp³-hybridized carbons (Fsp3) is 0.222. The Kier molecular flexibility index (Phi) is 5.60. The number of halogens is 1. The summed E-state index contributed by atoms with van der Waals surface area (Å²) in [4.78, 5) is 41.1. The van der Waals surface area contributed by atoms with Crippen molar-refractivity contribution >= 4 is 33.5 Å². The lowest BCUT2D eigenvalue weighted by molar-refractivity contribution is -0.120. The third-order valence-corrected chi connectivity index (χ3v) is 4.70. The summed E-state index contributed by atoms with van der Waals surface area (Å²) >= 11 is 1.29. The van der Waals surface area contributed by atoms with Gasteiger partial charge in [0.05, 0.1) is 11.7 Å². The summed E-state index contributed by atoms with van der Waals surface area (Å²) in [5, 5.41) is 6.82. The van der Waals surface area contributed by atoms with Gasteiger partial charge in [-0.15, -0.1) is 11.3 Å². The number of urea groups is 1. The molecule has 0 saturated carbocycles. The Hall–Kier alpha value is -3.07. The van der Waals surface area contributed by atoms with Crippen LogP contribution in [-0.2, 0) is 11.3 Å². The van der Waals surface area contributed by atoms with E-state index in [-0.39, 0.29) is 12.4 Å². The largest absolute Gasteiger partial charge is 0.338 e. The van der Waals surface area contributed by atoms with E-state index in [0.717, 1.165) is 11.0 Å². The lowest BCUT2D eigenvalue weighted by Gasteiger charge is -2.08. The molecular weight excluding hydrogens is 371 g/mol. The molecule has 0 unspecified atom stereocenters. The first kappa shape index (κ1) is 18.7. The molecule has 2 aromatic heterocycles. The van der Waals surface area contributed by atoms with Crippen molar-refractivity contribution in [2.75, 3.05) is 6.54 Å². The van der Waals surface area contributed by atoms with E-state index in [2.05, 4.69) is 15.6 Å². The molecule has 9 heteroatoms. The number of carbonyl (C=O) groups is 2. The number of benzene rings is 1. The first-order chi connectivity index (χ1) is 13.0. The number of thiophene rings is 1. The predicted octanol–water partition coefficient (Wildman–Crippen LogP) is 2.50. The minimum atomic E-state index is -0.620. The van der Waals surface area contributed by atoms with Gasteiger partial charge in [-0.05, 0) is 24.1 Å². The topological polar surface area (TPSA) is 93.1 Å². The standard InChI is InChI=1S/C18H17FN4O3S/c1-2-7-20-18(26)22-14(24)8-23-10-21-16-15(17(23)25)13(9-27-16)11-3-5-12(19)6-4-11/h3-6,9-10H,2,7-8H2,1H3,(H2,20,22,24,26). The molecule has 0 atom stereocenters. The van der Waals surface area contributed by atoms with E-state index < -0.39 is 17.5 Å². The summed E-state index contributed by atoms with van der Waals surface area (Å²) in [6.07, 6.45) is 2.02. The van der Waals surface area contributed by atoms with Crippen LogP contribution < -0.4 is 16.2 Å². The quantitative estimate of drug-likeness (QED) is 0.702. The molecule has 7 nitrogen and oxygen atoms in total. The van der Waals surface area contributed by atoms with E-state index in [9.17, 15) is 18.8 Å². The SMILES string of the molecule is CCCNC(=O)NC(=O)Cn1cnc2scc(-c3ccc(F)cc3)c2c1=O. The van der Waals surface area contributed by atoms with Crippen LogP contribution in [0.4, 0.5) is 9.18 Å². The van der Waals surface area contributed by atoms with Crippen LogP contribution in [0.15, 0.2) is 40.8 Å². The first-order valence-electron chi connectivity index (χ1n) is 8.30. The molecule has 27 heavy (non-hydrogen) atoms. The zero-order chi connectivity index (χ0) is 19.4. The highest BCUT2D eigenvalue weighted by Gasteiger charge is 2.15. The van der Waals surface area contributed by atoms with Crippen molar-refractivity contribution < 1.29 is 14.0 Å². The lowest BCUT2D eigenvalue weighted by Crippen LogP contribution is -2.42. The Labute approximate surface area is 157 Å². The number of aromatic nitrogens is 2. The van der Waals surface area contributed by atoms with Crippen LogP contribution in [0.25, 0.3) is 21.3 Å². The van der Waals surface area contributed by atoms with Crippen molar-refractivity contribution in [2.45, 2.75) is 19.9 Å². The number of fused-ring (bicyclic) bond motifs is 1. The maximum absolute atomic E-state index is 13.2. The number of amides is 3. The van der Waals surface area contributed by atoms with Gasteiger partial charge < -0.3 is 5.32 Å². The molecule has 0 aliphatic rings. The molecule has 2 heterocycles. The van der Waals surface area contributed by atoms with E-state index >= 15 is 0 Å². The summed E-state index contributed by atoms with van der Waals surface area (Å²) in [5.41, 5.74) is 0.912. The zero-order valence-corrected chi connectivity index (χ0v) is 15.3. The van der Waals surface area contributed by atoms with E-state index in [0.29, 0.717) is 27.9 Å². The van der Waals surface area contributed by atoms with E-state index in [1.807, 2.05) is 6.92 Å². The Morgan fingerprint density at radius 2 is 2.00 bits per heavy atom. The Bertz CT molecular complexity index is 1040. The van der Waals surface area contributed by atoms with E-state index in [1.54, 1.807) is 17.5 Å². The van der Waals surface area contributed by atoms with Gasteiger partial charge in [-0.2, -0.15) is 0 Å². The van der Waals surface area contributed by atoms with Gasteiger partial charge in [-0.25, -0.2) is 14.2 Å². The van der Waals surface area contributed by atoms with Gasteiger partial charge in [0, 0.05) is 17.5 Å². The molecule has 2 N–H and O–H groups in total. The second kappa shape index (κ2) is 8.09. The van der Waals surface area contributed by atoms with Crippen molar-refractivity contribution in [1.82, 2.24) is 20.2 Å². The fourth-order valence-electron chi connectivity index (χ4n) is 2.53. The molecule has 3 amide bonds. The third kappa shape index (κ3) is 4.20. The van der Waals surface area contributed by atoms with Gasteiger partial charge in [-0.3, -0.25) is 19.5 Å². The van der Waals surface area contributed by atoms with Crippen LogP contribution in [0, 0.1) is 5.82 Å². The van der Waals surface area contributed by atoms with Crippen LogP contribution in [0.5, 0.6) is 0 Å². The molecule has 3 rings (SSSR count). The number of imide groups is 1. The molecule has 1 aromatic carbocycles. The minimum Gasteiger partial charge on any atom is -0.338 e. The summed E-state index contributed by atoms with van der Waals surface area (Å²) in [6.45, 7) is 2.00. The Balaban J connectivity index is 1.87. The van der Waals surface area contributed by atoms with Crippen LogP contribution in [0.3, 0.4) is 0 Å². The molecule has 3 aromatic rings. The van der Waals surface area contributed by atoms with Gasteiger partial charge in [0.1, 0.15) is 17.2 Å². The summed E-state index contributed by atoms with van der Waals surface area (Å²) in [6, 6.07) is 5.19. The molecule has 0 saturated heterocycles. The number of rotatable bonds is 5. The van der Waals surface area contributed by atoms with Gasteiger partial charge in [-0.1, -0.05) is 19.1 Å². The van der Waals surface area contributed by atoms with Crippen molar-refractivity contribution in [2.24, 2.45) is 0 Å². The Morgan fingerprint density at radius 1 is 1.26 bits per heavy atom. The van der Waals surface area contributed by atoms with Crippen molar-refractivity contribution in [1.29, 1.82) is 0 Å². The lowest BCUT2D eigenvalue weighted by atomic mass is 10.1. The highest BCUT2D eigenvalue weighted by molar-refractivity contribution is 7.17.